The molecule has 0 aliphatic carbocycles. The number of alkyl halides is 3. The summed E-state index contributed by atoms with van der Waals surface area (Å²) in [6.07, 6.45) is -4.46. The number of benzene rings is 2. The lowest BCUT2D eigenvalue weighted by Gasteiger charge is -2.32. The maximum Gasteiger partial charge on any atom is 0.573 e. The van der Waals surface area contributed by atoms with Crippen molar-refractivity contribution in [2.45, 2.75) is 23.1 Å². The monoisotopic (exact) mass is 403 g/mol. The van der Waals surface area contributed by atoms with E-state index in [0.29, 0.717) is 25.1 Å². The Labute approximate surface area is 153 Å². The van der Waals surface area contributed by atoms with E-state index in [9.17, 15) is 21.8 Å². The van der Waals surface area contributed by atoms with E-state index in [1.165, 1.54) is 24.3 Å². The Morgan fingerprint density at radius 2 is 1.85 bits per heavy atom. The van der Waals surface area contributed by atoms with Gasteiger partial charge in [0.1, 0.15) is 21.5 Å². The minimum absolute atomic E-state index is 0.0787. The van der Waals surface area contributed by atoms with Crippen LogP contribution in [0.5, 0.6) is 5.75 Å². The molecule has 1 aliphatic heterocycles. The number of hydrogen-bond acceptors (Lipinski definition) is 4. The summed E-state index contributed by atoms with van der Waals surface area (Å²) in [5.74, 6) is -0.962. The quantitative estimate of drug-likeness (QED) is 0.685. The van der Waals surface area contributed by atoms with Crippen molar-refractivity contribution in [1.82, 2.24) is 5.32 Å². The lowest BCUT2D eigenvalue weighted by molar-refractivity contribution is -0.274. The zero-order valence-corrected chi connectivity index (χ0v) is 14.8. The number of nitrogens with two attached hydrogens (primary N) is 1. The predicted molar refractivity (Wildman–Crippen MR) is 91.1 cm³/mol. The number of rotatable bonds is 4. The van der Waals surface area contributed by atoms with Crippen molar-refractivity contribution in [3.63, 3.8) is 0 Å². The highest BCUT2D eigenvalue weighted by Crippen LogP contribution is 2.42. The Balaban J connectivity index is 2.24. The molecule has 0 radical (unpaired) electrons. The number of hydrogen-bond donors (Lipinski definition) is 3. The molecule has 1 fully saturated rings. The highest BCUT2D eigenvalue weighted by Gasteiger charge is 2.41. The van der Waals surface area contributed by atoms with Crippen LogP contribution in [0.2, 0.25) is 0 Å². The van der Waals surface area contributed by atoms with Crippen LogP contribution in [0.15, 0.2) is 47.4 Å². The van der Waals surface area contributed by atoms with E-state index in [1.807, 2.05) is 0 Å². The normalized spacial score (nSPS) is 22.4. The van der Waals surface area contributed by atoms with Crippen LogP contribution in [0.3, 0.4) is 0 Å². The van der Waals surface area contributed by atoms with E-state index >= 15 is 0 Å². The molecule has 5 nitrogen and oxygen atoms in total. The number of ether oxygens (including phenoxy) is 1. The predicted octanol–water partition coefficient (Wildman–Crippen LogP) is 3.28. The topological polar surface area (TPSA) is 88.2 Å². The van der Waals surface area contributed by atoms with Crippen LogP contribution in [-0.2, 0) is 15.3 Å². The highest BCUT2D eigenvalue weighted by atomic mass is 32.2. The molecule has 1 unspecified atom stereocenters. The molecule has 27 heavy (non-hydrogen) atoms. The first-order valence-electron chi connectivity index (χ1n) is 7.95. The third-order valence-electron chi connectivity index (χ3n) is 4.58. The van der Waals surface area contributed by atoms with E-state index in [-0.39, 0.29) is 10.5 Å². The van der Waals surface area contributed by atoms with Gasteiger partial charge in [0.25, 0.3) is 0 Å². The van der Waals surface area contributed by atoms with Crippen molar-refractivity contribution in [1.29, 1.82) is 4.78 Å². The Morgan fingerprint density at radius 3 is 2.37 bits per heavy atom. The second kappa shape index (κ2) is 6.77. The summed E-state index contributed by atoms with van der Waals surface area (Å²) in [6.45, 7) is 0.835. The van der Waals surface area contributed by atoms with Crippen LogP contribution in [0.1, 0.15) is 17.5 Å². The van der Waals surface area contributed by atoms with Crippen LogP contribution >= 0.6 is 0 Å². The molecule has 1 aliphatic rings. The van der Waals surface area contributed by atoms with Crippen molar-refractivity contribution >= 4 is 9.92 Å². The number of nitrogens with one attached hydrogen (secondary N) is 2. The molecule has 2 aromatic carbocycles. The van der Waals surface area contributed by atoms with Crippen molar-refractivity contribution in [2.75, 3.05) is 13.1 Å². The van der Waals surface area contributed by atoms with Crippen LogP contribution in [0.25, 0.3) is 0 Å². The lowest BCUT2D eigenvalue weighted by Crippen LogP contribution is -2.33. The minimum Gasteiger partial charge on any atom is -0.406 e. The maximum atomic E-state index is 13.4. The third-order valence-corrected chi connectivity index (χ3v) is 5.59. The van der Waals surface area contributed by atoms with E-state index in [1.54, 1.807) is 0 Å². The number of halogens is 4. The van der Waals surface area contributed by atoms with Gasteiger partial charge in [-0.1, -0.05) is 12.1 Å². The smallest absolute Gasteiger partial charge is 0.406 e. The van der Waals surface area contributed by atoms with Crippen molar-refractivity contribution in [3.05, 3.63) is 59.4 Å². The molecule has 1 saturated heterocycles. The molecule has 10 heteroatoms. The molecule has 2 atom stereocenters. The van der Waals surface area contributed by atoms with E-state index in [0.717, 1.165) is 18.2 Å². The average Bonchev–Trinajstić information content (AvgIpc) is 3.03. The second-order valence-corrected chi connectivity index (χ2v) is 7.96. The van der Waals surface area contributed by atoms with Gasteiger partial charge in [-0.25, -0.2) is 18.5 Å². The second-order valence-electron chi connectivity index (χ2n) is 6.32. The van der Waals surface area contributed by atoms with E-state index < -0.39 is 33.3 Å². The van der Waals surface area contributed by atoms with Crippen LogP contribution < -0.4 is 15.2 Å². The van der Waals surface area contributed by atoms with Gasteiger partial charge < -0.3 is 10.1 Å². The molecule has 0 amide bonds. The Kier molecular flexibility index (Phi) is 4.91. The van der Waals surface area contributed by atoms with Gasteiger partial charge >= 0.3 is 6.36 Å². The molecule has 4 N–H and O–H groups in total. The largest absolute Gasteiger partial charge is 0.573 e. The Morgan fingerprint density at radius 1 is 1.19 bits per heavy atom. The zero-order valence-electron chi connectivity index (χ0n) is 14.0. The van der Waals surface area contributed by atoms with Gasteiger partial charge in [-0.15, -0.1) is 13.2 Å². The summed E-state index contributed by atoms with van der Waals surface area (Å²) in [5, 5.41) is 8.63. The van der Waals surface area contributed by atoms with Gasteiger partial charge in [0.05, 0.1) is 4.90 Å². The first kappa shape index (κ1) is 19.6. The van der Waals surface area contributed by atoms with Gasteiger partial charge in [0, 0.05) is 12.0 Å². The van der Waals surface area contributed by atoms with Gasteiger partial charge in [-0.3, -0.25) is 0 Å². The molecule has 2 aromatic rings. The zero-order chi connectivity index (χ0) is 19.9. The first-order valence-corrected chi connectivity index (χ1v) is 9.57. The standard InChI is InChI=1S/C17H17F4N3O2S/c18-12-3-1-11(2-4-12)16(7-8-24-10-16)14-9-13(26-17(19,20)21)5-6-15(14)27(22,23)25/h1-6,9,24H,7-8,10H2,(H3,22,23,25)/t16-/m0/s1. The summed E-state index contributed by atoms with van der Waals surface area (Å²) in [6, 6.07) is 8.73. The van der Waals surface area contributed by atoms with Crippen molar-refractivity contribution in [3.8, 4) is 5.75 Å². The SMILES string of the molecule is N=S(N)(=O)c1ccc(OC(F)(F)F)cc1[C@@]1(c2ccc(F)cc2)CCNC1. The van der Waals surface area contributed by atoms with Gasteiger partial charge in [-0.05, 0) is 54.4 Å². The summed E-state index contributed by atoms with van der Waals surface area (Å²) in [4.78, 5) is -0.0787. The first-order chi connectivity index (χ1) is 12.5. The lowest BCUT2D eigenvalue weighted by atomic mass is 9.73. The molecule has 0 spiro atoms. The van der Waals surface area contributed by atoms with Crippen molar-refractivity contribution in [2.24, 2.45) is 5.14 Å². The Hall–Kier alpha value is -2.17. The molecule has 0 bridgehead atoms. The molecule has 1 heterocycles. The maximum absolute atomic E-state index is 13.4. The van der Waals surface area contributed by atoms with Gasteiger partial charge in [0.2, 0.25) is 0 Å². The molecular weight excluding hydrogens is 386 g/mol. The Bertz CT molecular complexity index is 938. The molecular formula is C17H17F4N3O2S. The fourth-order valence-electron chi connectivity index (χ4n) is 3.44. The van der Waals surface area contributed by atoms with Gasteiger partial charge in [-0.2, -0.15) is 0 Å². The van der Waals surface area contributed by atoms with Crippen molar-refractivity contribution < 1.29 is 26.5 Å². The minimum atomic E-state index is -4.90. The molecule has 0 aromatic heterocycles. The van der Waals surface area contributed by atoms with Crippen LogP contribution in [0, 0.1) is 10.6 Å². The fraction of sp³-hybridized carbons (Fsp3) is 0.294. The van der Waals surface area contributed by atoms with Gasteiger partial charge in [0.15, 0.2) is 0 Å². The molecule has 0 saturated carbocycles. The molecule has 3 rings (SSSR count). The average molecular weight is 403 g/mol. The molecule has 146 valence electrons. The van der Waals surface area contributed by atoms with Crippen LogP contribution in [-0.4, -0.2) is 23.7 Å². The summed E-state index contributed by atoms with van der Waals surface area (Å²) < 4.78 is 75.4. The van der Waals surface area contributed by atoms with E-state index in [4.69, 9.17) is 9.92 Å². The highest BCUT2D eigenvalue weighted by molar-refractivity contribution is 7.90. The summed E-state index contributed by atoms with van der Waals surface area (Å²) in [5.41, 5.74) is -0.108. The third kappa shape index (κ3) is 4.07. The summed E-state index contributed by atoms with van der Waals surface area (Å²) in [7, 11) is -3.72. The summed E-state index contributed by atoms with van der Waals surface area (Å²) >= 11 is 0. The van der Waals surface area contributed by atoms with E-state index in [2.05, 4.69) is 10.1 Å². The fourth-order valence-corrected chi connectivity index (χ4v) is 4.29. The van der Waals surface area contributed by atoms with Crippen LogP contribution in [0.4, 0.5) is 17.6 Å².